The number of benzene rings is 1. The highest BCUT2D eigenvalue weighted by atomic mass is 16.5. The summed E-state index contributed by atoms with van der Waals surface area (Å²) in [6.45, 7) is 5.16. The van der Waals surface area contributed by atoms with E-state index in [9.17, 15) is 4.79 Å². The van der Waals surface area contributed by atoms with Gasteiger partial charge in [-0.25, -0.2) is 0 Å². The van der Waals surface area contributed by atoms with Gasteiger partial charge in [0.15, 0.2) is 0 Å². The van der Waals surface area contributed by atoms with E-state index in [4.69, 9.17) is 4.74 Å². The molecule has 3 heterocycles. The molecule has 2 fully saturated rings. The molecule has 1 unspecified atom stereocenters. The Labute approximate surface area is 142 Å². The molecule has 2 aliphatic heterocycles. The van der Waals surface area contributed by atoms with E-state index in [0.29, 0.717) is 0 Å². The molecule has 0 radical (unpaired) electrons. The van der Waals surface area contributed by atoms with Crippen LogP contribution in [0.2, 0.25) is 0 Å². The number of nitrogens with zero attached hydrogens (tertiary/aromatic N) is 2. The highest BCUT2D eigenvalue weighted by molar-refractivity contribution is 5.98. The number of likely N-dealkylation sites (N-methyl/N-ethyl adjacent to an activating group) is 1. The predicted molar refractivity (Wildman–Crippen MR) is 94.2 cm³/mol. The highest BCUT2D eigenvalue weighted by Gasteiger charge is 2.39. The molecule has 24 heavy (non-hydrogen) atoms. The van der Waals surface area contributed by atoms with Crippen molar-refractivity contribution in [3.63, 3.8) is 0 Å². The Bertz CT molecular complexity index is 741. The van der Waals surface area contributed by atoms with Crippen LogP contribution in [-0.4, -0.2) is 67.1 Å². The van der Waals surface area contributed by atoms with Crippen LogP contribution >= 0.6 is 0 Å². The van der Waals surface area contributed by atoms with Crippen LogP contribution in [0, 0.1) is 5.41 Å². The van der Waals surface area contributed by atoms with E-state index < -0.39 is 0 Å². The van der Waals surface area contributed by atoms with Crippen LogP contribution in [0.5, 0.6) is 0 Å². The van der Waals surface area contributed by atoms with Crippen LogP contribution in [0.4, 0.5) is 0 Å². The van der Waals surface area contributed by atoms with E-state index in [-0.39, 0.29) is 11.3 Å². The van der Waals surface area contributed by atoms with Gasteiger partial charge in [0.1, 0.15) is 0 Å². The first-order valence-electron chi connectivity index (χ1n) is 8.78. The molecule has 128 valence electrons. The number of H-pyrrole nitrogens is 1. The van der Waals surface area contributed by atoms with Gasteiger partial charge in [0.05, 0.1) is 13.2 Å². The molecule has 5 nitrogen and oxygen atoms in total. The molecule has 0 saturated carbocycles. The van der Waals surface area contributed by atoms with Crippen LogP contribution in [0.3, 0.4) is 0 Å². The van der Waals surface area contributed by atoms with E-state index >= 15 is 0 Å². The van der Waals surface area contributed by atoms with Gasteiger partial charge in [-0.3, -0.25) is 4.79 Å². The Balaban J connectivity index is 1.55. The second-order valence-corrected chi connectivity index (χ2v) is 7.40. The lowest BCUT2D eigenvalue weighted by Gasteiger charge is -2.43. The average molecular weight is 327 g/mol. The van der Waals surface area contributed by atoms with Crippen LogP contribution in [0.25, 0.3) is 10.9 Å². The fourth-order valence-corrected chi connectivity index (χ4v) is 4.20. The molecule has 5 heteroatoms. The lowest BCUT2D eigenvalue weighted by Crippen LogP contribution is -2.51. The normalized spacial score (nSPS) is 26.0. The van der Waals surface area contributed by atoms with Gasteiger partial charge in [-0.05, 0) is 43.5 Å². The molecule has 2 aromatic rings. The summed E-state index contributed by atoms with van der Waals surface area (Å²) in [4.78, 5) is 20.6. The number of piperidine rings is 1. The standard InChI is InChI=1S/C19H25N3O2/c1-21-9-10-24-14-19(12-21)6-2-8-22(13-19)18(23)16-4-3-15-5-7-20-17(15)11-16/h3-5,7,11,20H,2,6,8-10,12-14H2,1H3. The predicted octanol–water partition coefficient (Wildman–Crippen LogP) is 2.35. The third-order valence-electron chi connectivity index (χ3n) is 5.38. The number of hydrogen-bond acceptors (Lipinski definition) is 3. The summed E-state index contributed by atoms with van der Waals surface area (Å²) < 4.78 is 5.85. The number of rotatable bonds is 1. The first-order valence-corrected chi connectivity index (χ1v) is 8.78. The van der Waals surface area contributed by atoms with Crippen molar-refractivity contribution in [3.8, 4) is 0 Å². The van der Waals surface area contributed by atoms with Crippen molar-refractivity contribution in [2.24, 2.45) is 5.41 Å². The maximum absolute atomic E-state index is 13.0. The van der Waals surface area contributed by atoms with Crippen molar-refractivity contribution in [1.29, 1.82) is 0 Å². The van der Waals surface area contributed by atoms with Crippen LogP contribution in [0.1, 0.15) is 23.2 Å². The second kappa shape index (κ2) is 6.22. The first kappa shape index (κ1) is 15.7. The van der Waals surface area contributed by atoms with Gasteiger partial charge in [0.25, 0.3) is 5.91 Å². The molecule has 2 aliphatic rings. The summed E-state index contributed by atoms with van der Waals surface area (Å²) in [5.74, 6) is 0.137. The van der Waals surface area contributed by atoms with Crippen LogP contribution in [-0.2, 0) is 4.74 Å². The molecule has 4 rings (SSSR count). The third-order valence-corrected chi connectivity index (χ3v) is 5.38. The fraction of sp³-hybridized carbons (Fsp3) is 0.526. The van der Waals surface area contributed by atoms with Crippen LogP contribution in [0.15, 0.2) is 30.5 Å². The summed E-state index contributed by atoms with van der Waals surface area (Å²) in [6, 6.07) is 7.95. The van der Waals surface area contributed by atoms with E-state index in [0.717, 1.165) is 68.7 Å². The largest absolute Gasteiger partial charge is 0.379 e. The molecule has 0 bridgehead atoms. The minimum Gasteiger partial charge on any atom is -0.379 e. The molecular formula is C19H25N3O2. The fourth-order valence-electron chi connectivity index (χ4n) is 4.20. The number of fused-ring (bicyclic) bond motifs is 1. The maximum atomic E-state index is 13.0. The zero-order chi connectivity index (χ0) is 16.6. The SMILES string of the molecule is CN1CCOCC2(CCCN(C(=O)c3ccc4cc[nH]c4c3)C2)C1. The van der Waals surface area contributed by atoms with Gasteiger partial charge in [-0.15, -0.1) is 0 Å². The monoisotopic (exact) mass is 327 g/mol. The third kappa shape index (κ3) is 2.94. The summed E-state index contributed by atoms with van der Waals surface area (Å²) in [7, 11) is 2.15. The molecule has 1 aromatic carbocycles. The number of amides is 1. The lowest BCUT2D eigenvalue weighted by atomic mass is 9.80. The van der Waals surface area contributed by atoms with Crippen molar-refractivity contribution in [2.75, 3.05) is 46.4 Å². The topological polar surface area (TPSA) is 48.6 Å². The number of aromatic nitrogens is 1. The highest BCUT2D eigenvalue weighted by Crippen LogP contribution is 2.33. The molecule has 1 spiro atoms. The second-order valence-electron chi connectivity index (χ2n) is 7.40. The molecule has 1 N–H and O–H groups in total. The van der Waals surface area contributed by atoms with E-state index in [2.05, 4.69) is 16.9 Å². The quantitative estimate of drug-likeness (QED) is 0.875. The average Bonchev–Trinajstić information content (AvgIpc) is 2.98. The maximum Gasteiger partial charge on any atom is 0.253 e. The Kier molecular flexibility index (Phi) is 4.06. The number of nitrogens with one attached hydrogen (secondary N) is 1. The smallest absolute Gasteiger partial charge is 0.253 e. The minimum atomic E-state index is 0.0791. The van der Waals surface area contributed by atoms with Crippen molar-refractivity contribution < 1.29 is 9.53 Å². The van der Waals surface area contributed by atoms with E-state index in [1.54, 1.807) is 0 Å². The summed E-state index contributed by atoms with van der Waals surface area (Å²) in [6.07, 6.45) is 4.10. The zero-order valence-electron chi connectivity index (χ0n) is 14.3. The number of carbonyl (C=O) groups is 1. The van der Waals surface area contributed by atoms with Gasteiger partial charge in [-0.1, -0.05) is 6.07 Å². The molecule has 0 aliphatic carbocycles. The lowest BCUT2D eigenvalue weighted by molar-refractivity contribution is 0.00861. The zero-order valence-corrected chi connectivity index (χ0v) is 14.3. The summed E-state index contributed by atoms with van der Waals surface area (Å²) in [5, 5.41) is 1.14. The van der Waals surface area contributed by atoms with Gasteiger partial charge < -0.3 is 19.5 Å². The van der Waals surface area contributed by atoms with Crippen LogP contribution < -0.4 is 0 Å². The Morgan fingerprint density at radius 2 is 2.17 bits per heavy atom. The minimum absolute atomic E-state index is 0.0791. The number of aromatic amines is 1. The van der Waals surface area contributed by atoms with Gasteiger partial charge >= 0.3 is 0 Å². The first-order chi connectivity index (χ1) is 11.7. The van der Waals surface area contributed by atoms with E-state index in [1.807, 2.05) is 35.4 Å². The Hall–Kier alpha value is -1.85. The van der Waals surface area contributed by atoms with Crippen molar-refractivity contribution in [3.05, 3.63) is 36.0 Å². The van der Waals surface area contributed by atoms with Crippen molar-refractivity contribution in [2.45, 2.75) is 12.8 Å². The summed E-state index contributed by atoms with van der Waals surface area (Å²) >= 11 is 0. The molecule has 1 aromatic heterocycles. The van der Waals surface area contributed by atoms with Gasteiger partial charge in [-0.2, -0.15) is 0 Å². The van der Waals surface area contributed by atoms with Crippen molar-refractivity contribution >= 4 is 16.8 Å². The number of ether oxygens (including phenoxy) is 1. The molecule has 2 saturated heterocycles. The molecule has 1 atom stereocenters. The van der Waals surface area contributed by atoms with E-state index in [1.165, 1.54) is 0 Å². The Morgan fingerprint density at radius 1 is 1.25 bits per heavy atom. The van der Waals surface area contributed by atoms with Gasteiger partial charge in [0, 0.05) is 48.9 Å². The number of carbonyl (C=O) groups excluding carboxylic acids is 1. The molecular weight excluding hydrogens is 302 g/mol. The summed E-state index contributed by atoms with van der Waals surface area (Å²) in [5.41, 5.74) is 1.87. The van der Waals surface area contributed by atoms with Gasteiger partial charge in [0.2, 0.25) is 0 Å². The van der Waals surface area contributed by atoms with Crippen molar-refractivity contribution in [1.82, 2.24) is 14.8 Å². The molecule has 1 amide bonds. The number of hydrogen-bond donors (Lipinski definition) is 1. The number of likely N-dealkylation sites (tertiary alicyclic amines) is 1. The Morgan fingerprint density at radius 3 is 3.08 bits per heavy atom.